The van der Waals surface area contributed by atoms with Crippen LogP contribution in [0.3, 0.4) is 0 Å². The van der Waals surface area contributed by atoms with Gasteiger partial charge in [0.2, 0.25) is 0 Å². The van der Waals surface area contributed by atoms with Crippen molar-refractivity contribution >= 4 is 59.7 Å². The first-order chi connectivity index (χ1) is 37.1. The highest BCUT2D eigenvalue weighted by Crippen LogP contribution is 2.37. The summed E-state index contributed by atoms with van der Waals surface area (Å²) in [6.45, 7) is 8.94. The first kappa shape index (κ1) is 60.7. The average molecular weight is 1080 g/mol. The van der Waals surface area contributed by atoms with Crippen molar-refractivity contribution in [3.05, 3.63) is 60.2 Å². The molecule has 77 heavy (non-hydrogen) atoms. The largest absolute Gasteiger partial charge is 0.465 e. The molecule has 3 saturated carbocycles. The van der Waals surface area contributed by atoms with Crippen molar-refractivity contribution in [3.8, 4) is 23.0 Å². The van der Waals surface area contributed by atoms with Crippen molar-refractivity contribution in [2.24, 2.45) is 35.5 Å². The molecular formula is C57H72O20. The lowest BCUT2D eigenvalue weighted by molar-refractivity contribution is -0.156. The van der Waals surface area contributed by atoms with E-state index >= 15 is 0 Å². The van der Waals surface area contributed by atoms with Crippen LogP contribution >= 0.6 is 0 Å². The number of esters is 10. The molecule has 0 unspecified atom stereocenters. The first-order valence-corrected chi connectivity index (χ1v) is 26.8. The Morgan fingerprint density at radius 2 is 0.740 bits per heavy atom. The van der Waals surface area contributed by atoms with Crippen molar-refractivity contribution in [3.63, 3.8) is 0 Å². The molecule has 420 valence electrons. The molecule has 0 amide bonds. The SMILES string of the molecule is C=CC(=O)OCCCCOC(=O)C1CCC(C(=O)Oc2ccc(OC(=O)C3CCC(C(=O)Oc4ccc(OC(=O)C5CCC(C(=O)OCCOC(C)=O)CC5)cc4C(=O)OCCCC)CC3)c(C(=O)OCCCC)c2)CC1. The van der Waals surface area contributed by atoms with Gasteiger partial charge in [0, 0.05) is 13.0 Å². The second kappa shape index (κ2) is 31.8. The van der Waals surface area contributed by atoms with E-state index in [-0.39, 0.29) is 111 Å². The number of hydrogen-bond acceptors (Lipinski definition) is 20. The highest BCUT2D eigenvalue weighted by molar-refractivity contribution is 5.95. The normalized spacial score (nSPS) is 19.9. The smallest absolute Gasteiger partial charge is 0.342 e. The van der Waals surface area contributed by atoms with Gasteiger partial charge in [0.05, 0.1) is 61.9 Å². The summed E-state index contributed by atoms with van der Waals surface area (Å²) in [4.78, 5) is 128. The molecule has 0 spiro atoms. The van der Waals surface area contributed by atoms with E-state index in [1.807, 2.05) is 13.8 Å². The maximum atomic E-state index is 13.6. The van der Waals surface area contributed by atoms with Crippen LogP contribution in [0.25, 0.3) is 0 Å². The average Bonchev–Trinajstić information content (AvgIpc) is 3.43. The fourth-order valence-corrected chi connectivity index (χ4v) is 9.06. The Bertz CT molecular complexity index is 2380. The Morgan fingerprint density at radius 1 is 0.416 bits per heavy atom. The van der Waals surface area contributed by atoms with Gasteiger partial charge in [0.15, 0.2) is 0 Å². The number of benzene rings is 2. The Hall–Kier alpha value is -7.12. The Labute approximate surface area is 448 Å². The highest BCUT2D eigenvalue weighted by atomic mass is 16.6. The zero-order valence-corrected chi connectivity index (χ0v) is 44.3. The molecule has 5 rings (SSSR count). The van der Waals surface area contributed by atoms with Crippen molar-refractivity contribution in [1.82, 2.24) is 0 Å². The fraction of sp³-hybridized carbons (Fsp3) is 0.579. The Kier molecular flexibility index (Phi) is 25.1. The molecule has 0 atom stereocenters. The summed E-state index contributed by atoms with van der Waals surface area (Å²) < 4.78 is 54.2. The lowest BCUT2D eigenvalue weighted by Gasteiger charge is -2.26. The lowest BCUT2D eigenvalue weighted by atomic mass is 9.82. The van der Waals surface area contributed by atoms with Crippen LogP contribution in [0.5, 0.6) is 23.0 Å². The second-order valence-electron chi connectivity index (χ2n) is 19.4. The van der Waals surface area contributed by atoms with Gasteiger partial charge < -0.3 is 47.4 Å². The molecule has 20 nitrogen and oxygen atoms in total. The minimum absolute atomic E-state index is 0.0311. The second-order valence-corrected chi connectivity index (χ2v) is 19.4. The maximum Gasteiger partial charge on any atom is 0.342 e. The predicted octanol–water partition coefficient (Wildman–Crippen LogP) is 8.50. The van der Waals surface area contributed by atoms with Crippen LogP contribution in [-0.4, -0.2) is 99.3 Å². The van der Waals surface area contributed by atoms with Gasteiger partial charge in [0.1, 0.15) is 47.3 Å². The standard InChI is InChI=1S/C57H72O20/c1-5-8-28-71-56(66)45-34-43(74-52(62)39-16-12-37(13-17-39)50(60)70-31-11-10-30-69-49(59)7-3)24-26-47(45)76-54(64)41-20-22-42(23-21-41)55(65)77-48-27-25-44(35-46(48)57(67)72-29-9-6-2)75-53(63)40-18-14-38(15-19-40)51(61)73-33-32-68-36(4)58/h7,24-27,34-35,37-42H,3,5-6,8-23,28-33H2,1-2,4H3. The highest BCUT2D eigenvalue weighted by Gasteiger charge is 2.36. The first-order valence-electron chi connectivity index (χ1n) is 26.8. The van der Waals surface area contributed by atoms with Gasteiger partial charge in [-0.2, -0.15) is 0 Å². The number of carbonyl (C=O) groups is 10. The van der Waals surface area contributed by atoms with Gasteiger partial charge in [-0.25, -0.2) is 14.4 Å². The van der Waals surface area contributed by atoms with E-state index in [1.165, 1.54) is 43.3 Å². The van der Waals surface area contributed by atoms with Gasteiger partial charge in [-0.3, -0.25) is 33.6 Å². The third-order valence-corrected chi connectivity index (χ3v) is 13.7. The van der Waals surface area contributed by atoms with Gasteiger partial charge in [-0.1, -0.05) is 33.3 Å². The van der Waals surface area contributed by atoms with E-state index in [0.717, 1.165) is 18.9 Å². The number of carbonyl (C=O) groups excluding carboxylic acids is 10. The van der Waals surface area contributed by atoms with Crippen molar-refractivity contribution in [1.29, 1.82) is 0 Å². The summed E-state index contributed by atoms with van der Waals surface area (Å²) >= 11 is 0. The zero-order valence-electron chi connectivity index (χ0n) is 44.3. The number of ether oxygens (including phenoxy) is 10. The molecule has 2 aromatic carbocycles. The van der Waals surface area contributed by atoms with Crippen LogP contribution in [-0.2, 0) is 66.8 Å². The quantitative estimate of drug-likeness (QED) is 0.0267. The van der Waals surface area contributed by atoms with E-state index in [4.69, 9.17) is 47.4 Å². The summed E-state index contributed by atoms with van der Waals surface area (Å²) in [5.41, 5.74) is -0.246. The fourth-order valence-electron chi connectivity index (χ4n) is 9.06. The minimum atomic E-state index is -0.784. The van der Waals surface area contributed by atoms with E-state index < -0.39 is 83.3 Å². The molecule has 0 heterocycles. The van der Waals surface area contributed by atoms with Gasteiger partial charge >= 0.3 is 59.7 Å². The molecule has 0 aromatic heterocycles. The van der Waals surface area contributed by atoms with Crippen LogP contribution in [0.1, 0.15) is 157 Å². The van der Waals surface area contributed by atoms with Crippen LogP contribution in [0.4, 0.5) is 0 Å². The molecular weight excluding hydrogens is 1000 g/mol. The van der Waals surface area contributed by atoms with Crippen molar-refractivity contribution in [2.75, 3.05) is 39.6 Å². The molecule has 3 fully saturated rings. The van der Waals surface area contributed by atoms with E-state index in [1.54, 1.807) is 0 Å². The van der Waals surface area contributed by atoms with E-state index in [9.17, 15) is 47.9 Å². The zero-order chi connectivity index (χ0) is 55.7. The monoisotopic (exact) mass is 1080 g/mol. The predicted molar refractivity (Wildman–Crippen MR) is 271 cm³/mol. The third kappa shape index (κ3) is 19.8. The maximum absolute atomic E-state index is 13.6. The number of unbranched alkanes of at least 4 members (excludes halogenated alkanes) is 3. The molecule has 3 aliphatic rings. The molecule has 0 aliphatic heterocycles. The minimum Gasteiger partial charge on any atom is -0.465 e. The lowest BCUT2D eigenvalue weighted by Crippen LogP contribution is -2.31. The van der Waals surface area contributed by atoms with Gasteiger partial charge in [-0.15, -0.1) is 0 Å². The summed E-state index contributed by atoms with van der Waals surface area (Å²) in [6.07, 6.45) is 8.87. The summed E-state index contributed by atoms with van der Waals surface area (Å²) in [5.74, 6) is -8.94. The molecule has 20 heteroatoms. The van der Waals surface area contributed by atoms with Gasteiger partial charge in [-0.05, 0) is 139 Å². The van der Waals surface area contributed by atoms with E-state index in [0.29, 0.717) is 77.0 Å². The Morgan fingerprint density at radius 3 is 1.10 bits per heavy atom. The molecule has 2 aromatic rings. The molecule has 0 bridgehead atoms. The molecule has 0 N–H and O–H groups in total. The van der Waals surface area contributed by atoms with Crippen LogP contribution in [0.15, 0.2) is 49.1 Å². The molecule has 3 aliphatic carbocycles. The number of rotatable bonds is 27. The topological polar surface area (TPSA) is 263 Å². The summed E-state index contributed by atoms with van der Waals surface area (Å²) in [6, 6.07) is 8.10. The van der Waals surface area contributed by atoms with Crippen molar-refractivity contribution < 1.29 is 95.3 Å². The summed E-state index contributed by atoms with van der Waals surface area (Å²) in [7, 11) is 0. The number of hydrogen-bond donors (Lipinski definition) is 0. The van der Waals surface area contributed by atoms with Gasteiger partial charge in [0.25, 0.3) is 0 Å². The van der Waals surface area contributed by atoms with E-state index in [2.05, 4.69) is 6.58 Å². The van der Waals surface area contributed by atoms with Crippen LogP contribution in [0.2, 0.25) is 0 Å². The van der Waals surface area contributed by atoms with Crippen LogP contribution < -0.4 is 18.9 Å². The van der Waals surface area contributed by atoms with Crippen LogP contribution in [0, 0.1) is 35.5 Å². The Balaban J connectivity index is 1.13. The van der Waals surface area contributed by atoms with Crippen molar-refractivity contribution in [2.45, 2.75) is 136 Å². The molecule has 0 saturated heterocycles. The summed E-state index contributed by atoms with van der Waals surface area (Å²) in [5, 5.41) is 0. The molecule has 0 radical (unpaired) electrons. The third-order valence-electron chi connectivity index (χ3n) is 13.7.